The van der Waals surface area contributed by atoms with E-state index in [4.69, 9.17) is 0 Å². The van der Waals surface area contributed by atoms with E-state index in [9.17, 15) is 9.59 Å². The van der Waals surface area contributed by atoms with Gasteiger partial charge in [-0.25, -0.2) is 0 Å². The van der Waals surface area contributed by atoms with Gasteiger partial charge >= 0.3 is 0 Å². The maximum Gasteiger partial charge on any atom is 0.234 e. The topological polar surface area (TPSA) is 58.2 Å². The number of carbonyl (C=O) groups is 2. The Morgan fingerprint density at radius 1 is 1.11 bits per heavy atom. The molecule has 0 aliphatic heterocycles. The average Bonchev–Trinajstić information content (AvgIpc) is 2.39. The molecule has 2 amide bonds. The molecule has 0 atom stereocenters. The minimum atomic E-state index is -0.0915. The smallest absolute Gasteiger partial charge is 0.234 e. The van der Waals surface area contributed by atoms with Crippen molar-refractivity contribution in [2.45, 2.75) is 19.8 Å². The molecule has 1 aromatic rings. The highest BCUT2D eigenvalue weighted by molar-refractivity contribution is 8.00. The molecule has 0 fully saturated rings. The van der Waals surface area contributed by atoms with Crippen molar-refractivity contribution in [1.82, 2.24) is 5.32 Å². The van der Waals surface area contributed by atoms with E-state index in [1.165, 1.54) is 17.3 Å². The maximum atomic E-state index is 11.6. The van der Waals surface area contributed by atoms with E-state index in [0.717, 1.165) is 5.69 Å². The van der Waals surface area contributed by atoms with Gasteiger partial charge in [0.05, 0.1) is 11.5 Å². The zero-order valence-electron chi connectivity index (χ0n) is 11.5. The van der Waals surface area contributed by atoms with E-state index in [-0.39, 0.29) is 17.6 Å². The van der Waals surface area contributed by atoms with Crippen molar-refractivity contribution in [2.75, 3.05) is 23.9 Å². The summed E-state index contributed by atoms with van der Waals surface area (Å²) in [4.78, 5) is 22.6. The Morgan fingerprint density at radius 2 is 1.68 bits per heavy atom. The molecular formula is C14H20N2O2S. The van der Waals surface area contributed by atoms with Crippen LogP contribution in [0.15, 0.2) is 24.3 Å². The van der Waals surface area contributed by atoms with Crippen LogP contribution >= 0.6 is 11.8 Å². The molecule has 0 radical (unpaired) electrons. The lowest BCUT2D eigenvalue weighted by molar-refractivity contribution is -0.118. The number of nitrogens with one attached hydrogen (secondary N) is 2. The van der Waals surface area contributed by atoms with Crippen molar-refractivity contribution in [3.8, 4) is 0 Å². The van der Waals surface area contributed by atoms with Gasteiger partial charge in [-0.15, -0.1) is 11.8 Å². The van der Waals surface area contributed by atoms with Crippen LogP contribution in [-0.4, -0.2) is 30.4 Å². The lowest BCUT2D eigenvalue weighted by Crippen LogP contribution is -2.21. The van der Waals surface area contributed by atoms with Crippen molar-refractivity contribution in [1.29, 1.82) is 0 Å². The van der Waals surface area contributed by atoms with Gasteiger partial charge in [0.15, 0.2) is 0 Å². The van der Waals surface area contributed by atoms with Crippen LogP contribution < -0.4 is 10.6 Å². The fourth-order valence-corrected chi connectivity index (χ4v) is 2.15. The standard InChI is InChI=1S/C14H20N2O2S/c1-10(2)11-4-6-12(7-5-11)16-14(18)9-19-8-13(17)15-3/h4-7,10H,8-9H2,1-3H3,(H,15,17)(H,16,18). The van der Waals surface area contributed by atoms with Crippen LogP contribution in [0.3, 0.4) is 0 Å². The largest absolute Gasteiger partial charge is 0.358 e. The first kappa shape index (κ1) is 15.6. The predicted molar refractivity (Wildman–Crippen MR) is 80.6 cm³/mol. The Morgan fingerprint density at radius 3 is 2.21 bits per heavy atom. The summed E-state index contributed by atoms with van der Waals surface area (Å²) >= 11 is 1.30. The monoisotopic (exact) mass is 280 g/mol. The summed E-state index contributed by atoms with van der Waals surface area (Å²) in [5.41, 5.74) is 2.03. The number of rotatable bonds is 6. The predicted octanol–water partition coefficient (Wildman–Crippen LogP) is 2.23. The van der Waals surface area contributed by atoms with Gasteiger partial charge < -0.3 is 10.6 Å². The van der Waals surface area contributed by atoms with E-state index >= 15 is 0 Å². The van der Waals surface area contributed by atoms with Crippen LogP contribution in [0.1, 0.15) is 25.3 Å². The molecule has 0 unspecified atom stereocenters. The van der Waals surface area contributed by atoms with Gasteiger partial charge in [-0.05, 0) is 23.6 Å². The number of thioether (sulfide) groups is 1. The van der Waals surface area contributed by atoms with Gasteiger partial charge in [-0.3, -0.25) is 9.59 Å². The van der Waals surface area contributed by atoms with Gasteiger partial charge in [-0.2, -0.15) is 0 Å². The molecule has 1 rings (SSSR count). The zero-order valence-corrected chi connectivity index (χ0v) is 12.3. The minimum Gasteiger partial charge on any atom is -0.358 e. The van der Waals surface area contributed by atoms with E-state index in [0.29, 0.717) is 11.7 Å². The number of carbonyl (C=O) groups excluding carboxylic acids is 2. The Hall–Kier alpha value is -1.49. The molecule has 0 heterocycles. The lowest BCUT2D eigenvalue weighted by atomic mass is 10.0. The third kappa shape index (κ3) is 5.79. The highest BCUT2D eigenvalue weighted by Crippen LogP contribution is 2.17. The van der Waals surface area contributed by atoms with Crippen LogP contribution in [-0.2, 0) is 9.59 Å². The molecule has 0 aromatic heterocycles. The van der Waals surface area contributed by atoms with Crippen LogP contribution in [0.4, 0.5) is 5.69 Å². The molecule has 0 aliphatic rings. The molecule has 0 saturated heterocycles. The fraction of sp³-hybridized carbons (Fsp3) is 0.429. The maximum absolute atomic E-state index is 11.6. The molecule has 0 spiro atoms. The molecule has 0 bridgehead atoms. The third-order valence-corrected chi connectivity index (χ3v) is 3.54. The number of hydrogen-bond donors (Lipinski definition) is 2. The molecule has 104 valence electrons. The second kappa shape index (κ2) is 7.84. The minimum absolute atomic E-state index is 0.0703. The van der Waals surface area contributed by atoms with Crippen LogP contribution in [0.2, 0.25) is 0 Å². The van der Waals surface area contributed by atoms with Crippen molar-refractivity contribution >= 4 is 29.3 Å². The number of amides is 2. The molecule has 19 heavy (non-hydrogen) atoms. The van der Waals surface area contributed by atoms with Crippen molar-refractivity contribution in [2.24, 2.45) is 0 Å². The van der Waals surface area contributed by atoms with E-state index in [1.807, 2.05) is 24.3 Å². The van der Waals surface area contributed by atoms with Gasteiger partial charge in [0.25, 0.3) is 0 Å². The lowest BCUT2D eigenvalue weighted by Gasteiger charge is -2.08. The molecule has 5 heteroatoms. The summed E-state index contributed by atoms with van der Waals surface area (Å²) in [5, 5.41) is 5.32. The van der Waals surface area contributed by atoms with E-state index in [2.05, 4.69) is 24.5 Å². The fourth-order valence-electron chi connectivity index (χ4n) is 1.46. The van der Waals surface area contributed by atoms with Gasteiger partial charge in [0.2, 0.25) is 11.8 Å². The number of hydrogen-bond acceptors (Lipinski definition) is 3. The van der Waals surface area contributed by atoms with Crippen molar-refractivity contribution in [3.63, 3.8) is 0 Å². The highest BCUT2D eigenvalue weighted by Gasteiger charge is 2.05. The van der Waals surface area contributed by atoms with E-state index in [1.54, 1.807) is 7.05 Å². The summed E-state index contributed by atoms with van der Waals surface area (Å²) < 4.78 is 0. The van der Waals surface area contributed by atoms with Crippen LogP contribution in [0.5, 0.6) is 0 Å². The van der Waals surface area contributed by atoms with Gasteiger partial charge in [0.1, 0.15) is 0 Å². The van der Waals surface area contributed by atoms with Gasteiger partial charge in [0, 0.05) is 12.7 Å². The normalized spacial score (nSPS) is 10.3. The average molecular weight is 280 g/mol. The molecular weight excluding hydrogens is 260 g/mol. The molecule has 4 nitrogen and oxygen atoms in total. The second-order valence-corrected chi connectivity index (χ2v) is 5.48. The summed E-state index contributed by atoms with van der Waals surface area (Å²) in [6, 6.07) is 7.82. The summed E-state index contributed by atoms with van der Waals surface area (Å²) in [6.45, 7) is 4.26. The quantitative estimate of drug-likeness (QED) is 0.840. The van der Waals surface area contributed by atoms with Crippen LogP contribution in [0.25, 0.3) is 0 Å². The van der Waals surface area contributed by atoms with Crippen LogP contribution in [0, 0.1) is 0 Å². The van der Waals surface area contributed by atoms with Crippen molar-refractivity contribution in [3.05, 3.63) is 29.8 Å². The Kier molecular flexibility index (Phi) is 6.42. The van der Waals surface area contributed by atoms with Gasteiger partial charge in [-0.1, -0.05) is 26.0 Å². The summed E-state index contributed by atoms with van der Waals surface area (Å²) in [6.07, 6.45) is 0. The molecule has 1 aromatic carbocycles. The van der Waals surface area contributed by atoms with E-state index < -0.39 is 0 Å². The third-order valence-electron chi connectivity index (χ3n) is 2.61. The van der Waals surface area contributed by atoms with Crippen molar-refractivity contribution < 1.29 is 9.59 Å². The number of anilines is 1. The molecule has 0 saturated carbocycles. The summed E-state index contributed by atoms with van der Waals surface area (Å²) in [5.74, 6) is 0.897. The SMILES string of the molecule is CNC(=O)CSCC(=O)Nc1ccc(C(C)C)cc1. The highest BCUT2D eigenvalue weighted by atomic mass is 32.2. The zero-order chi connectivity index (χ0) is 14.3. The summed E-state index contributed by atoms with van der Waals surface area (Å²) in [7, 11) is 1.58. The second-order valence-electron chi connectivity index (χ2n) is 4.49. The molecule has 0 aliphatic carbocycles. The first-order valence-corrected chi connectivity index (χ1v) is 7.36. The first-order valence-electron chi connectivity index (χ1n) is 6.21. The Balaban J connectivity index is 2.38. The Bertz CT molecular complexity index is 430. The molecule has 2 N–H and O–H groups in total. The number of benzene rings is 1. The Labute approximate surface area is 118 Å². The first-order chi connectivity index (χ1) is 9.02.